The van der Waals surface area contributed by atoms with Gasteiger partial charge in [0.25, 0.3) is 0 Å². The predicted octanol–water partition coefficient (Wildman–Crippen LogP) is 7.30. The topological polar surface area (TPSA) is 88.1 Å². The van der Waals surface area contributed by atoms with Gasteiger partial charge in [0, 0.05) is 35.6 Å². The summed E-state index contributed by atoms with van der Waals surface area (Å²) in [4.78, 5) is 26.7. The number of urea groups is 1. The SMILES string of the molecule is Cc1ccc(-n2nc(C(C)(C)C)cc2NC(=O)Nc2ccc(C(C(=O)Cc3cc(F)cc(F)c3)C3CCNCC3)cc2)cc1. The highest BCUT2D eigenvalue weighted by Gasteiger charge is 2.31. The van der Waals surface area contributed by atoms with Crippen molar-refractivity contribution in [2.75, 3.05) is 23.7 Å². The number of hydrogen-bond acceptors (Lipinski definition) is 4. The van der Waals surface area contributed by atoms with Crippen molar-refractivity contribution in [1.82, 2.24) is 15.1 Å². The smallest absolute Gasteiger partial charge is 0.317 e. The normalized spacial score (nSPS) is 14.7. The third kappa shape index (κ3) is 7.58. The fourth-order valence-electron chi connectivity index (χ4n) is 5.69. The van der Waals surface area contributed by atoms with Gasteiger partial charge in [0.2, 0.25) is 0 Å². The molecule has 0 saturated carbocycles. The Balaban J connectivity index is 1.33. The van der Waals surface area contributed by atoms with Crippen molar-refractivity contribution < 1.29 is 18.4 Å². The quantitative estimate of drug-likeness (QED) is 0.198. The molecule has 7 nitrogen and oxygen atoms in total. The lowest BCUT2D eigenvalue weighted by atomic mass is 9.76. The van der Waals surface area contributed by atoms with Crippen molar-refractivity contribution in [2.45, 2.75) is 58.3 Å². The molecule has 1 fully saturated rings. The summed E-state index contributed by atoms with van der Waals surface area (Å²) in [6.45, 7) is 9.83. The van der Waals surface area contributed by atoms with Crippen molar-refractivity contribution in [2.24, 2.45) is 5.92 Å². The second-order valence-electron chi connectivity index (χ2n) is 12.6. The first-order valence-corrected chi connectivity index (χ1v) is 15.0. The fourth-order valence-corrected chi connectivity index (χ4v) is 5.69. The van der Waals surface area contributed by atoms with Gasteiger partial charge >= 0.3 is 6.03 Å². The van der Waals surface area contributed by atoms with Crippen LogP contribution in [0.4, 0.5) is 25.1 Å². The van der Waals surface area contributed by atoms with Gasteiger partial charge in [0.15, 0.2) is 0 Å². The average molecular weight is 600 g/mol. The Bertz CT molecular complexity index is 1600. The van der Waals surface area contributed by atoms with E-state index in [1.165, 1.54) is 12.1 Å². The summed E-state index contributed by atoms with van der Waals surface area (Å²) < 4.78 is 29.4. The molecule has 1 unspecified atom stereocenters. The van der Waals surface area contributed by atoms with E-state index < -0.39 is 23.6 Å². The monoisotopic (exact) mass is 599 g/mol. The molecule has 4 aromatic rings. The molecule has 1 aliphatic heterocycles. The van der Waals surface area contributed by atoms with Crippen molar-refractivity contribution in [3.63, 3.8) is 0 Å². The highest BCUT2D eigenvalue weighted by atomic mass is 19.1. The van der Waals surface area contributed by atoms with E-state index in [1.807, 2.05) is 49.4 Å². The predicted molar refractivity (Wildman–Crippen MR) is 169 cm³/mol. The number of carbonyl (C=O) groups is 2. The third-order valence-corrected chi connectivity index (χ3v) is 8.03. The van der Waals surface area contributed by atoms with Crippen LogP contribution in [-0.4, -0.2) is 34.7 Å². The maximum Gasteiger partial charge on any atom is 0.324 e. The van der Waals surface area contributed by atoms with Gasteiger partial charge < -0.3 is 10.6 Å². The summed E-state index contributed by atoms with van der Waals surface area (Å²) in [7, 11) is 0. The molecular weight excluding hydrogens is 560 g/mol. The fraction of sp³-hybridized carbons (Fsp3) is 0.343. The van der Waals surface area contributed by atoms with Crippen LogP contribution in [0.15, 0.2) is 72.8 Å². The van der Waals surface area contributed by atoms with Crippen LogP contribution >= 0.6 is 0 Å². The Hall–Kier alpha value is -4.37. The number of Topliss-reactive ketones (excluding diaryl/α,β-unsaturated/α-hetero) is 1. The molecular formula is C35H39F2N5O2. The lowest BCUT2D eigenvalue weighted by molar-refractivity contribution is -0.121. The zero-order valence-corrected chi connectivity index (χ0v) is 25.6. The average Bonchev–Trinajstić information content (AvgIpc) is 3.39. The second kappa shape index (κ2) is 13.1. The Morgan fingerprint density at radius 2 is 1.57 bits per heavy atom. The molecule has 44 heavy (non-hydrogen) atoms. The number of nitrogens with one attached hydrogen (secondary N) is 3. The van der Waals surface area contributed by atoms with Crippen LogP contribution < -0.4 is 16.0 Å². The van der Waals surface area contributed by atoms with Gasteiger partial charge in [-0.3, -0.25) is 10.1 Å². The minimum Gasteiger partial charge on any atom is -0.317 e. The van der Waals surface area contributed by atoms with Crippen LogP contribution in [0.3, 0.4) is 0 Å². The van der Waals surface area contributed by atoms with Gasteiger partial charge in [-0.05, 0) is 86.3 Å². The van der Waals surface area contributed by atoms with E-state index in [9.17, 15) is 18.4 Å². The molecule has 3 N–H and O–H groups in total. The van der Waals surface area contributed by atoms with Gasteiger partial charge in [0.05, 0.1) is 11.4 Å². The summed E-state index contributed by atoms with van der Waals surface area (Å²) in [5.74, 6) is -1.26. The number of halogens is 2. The lowest BCUT2D eigenvalue weighted by Gasteiger charge is -2.30. The van der Waals surface area contributed by atoms with Crippen LogP contribution in [0.1, 0.15) is 61.9 Å². The van der Waals surface area contributed by atoms with Gasteiger partial charge in [-0.2, -0.15) is 5.10 Å². The maximum atomic E-state index is 13.8. The second-order valence-corrected chi connectivity index (χ2v) is 12.6. The number of rotatable bonds is 8. The number of hydrogen-bond donors (Lipinski definition) is 3. The molecule has 0 radical (unpaired) electrons. The largest absolute Gasteiger partial charge is 0.324 e. The zero-order chi connectivity index (χ0) is 31.4. The molecule has 0 spiro atoms. The molecule has 1 atom stereocenters. The molecule has 2 heterocycles. The number of nitrogens with zero attached hydrogens (tertiary/aromatic N) is 2. The number of anilines is 2. The van der Waals surface area contributed by atoms with Crippen LogP contribution in [0, 0.1) is 24.5 Å². The summed E-state index contributed by atoms with van der Waals surface area (Å²) in [5.41, 5.74) is 4.28. The first-order valence-electron chi connectivity index (χ1n) is 15.0. The first-order chi connectivity index (χ1) is 21.0. The van der Waals surface area contributed by atoms with E-state index in [0.29, 0.717) is 17.1 Å². The molecule has 1 aromatic heterocycles. The number of amides is 2. The summed E-state index contributed by atoms with van der Waals surface area (Å²) in [5, 5.41) is 13.9. The number of aryl methyl sites for hydroxylation is 1. The van der Waals surface area contributed by atoms with Crippen LogP contribution in [0.2, 0.25) is 0 Å². The zero-order valence-electron chi connectivity index (χ0n) is 25.6. The molecule has 5 rings (SSSR count). The Morgan fingerprint density at radius 1 is 0.932 bits per heavy atom. The molecule has 1 saturated heterocycles. The number of carbonyl (C=O) groups excluding carboxylic acids is 2. The molecule has 230 valence electrons. The number of aromatic nitrogens is 2. The lowest BCUT2D eigenvalue weighted by Crippen LogP contribution is -2.34. The van der Waals surface area contributed by atoms with Crippen molar-refractivity contribution in [3.8, 4) is 5.69 Å². The molecule has 3 aromatic carbocycles. The summed E-state index contributed by atoms with van der Waals surface area (Å²) in [6.07, 6.45) is 1.58. The van der Waals surface area contributed by atoms with Gasteiger partial charge in [-0.25, -0.2) is 18.3 Å². The Kier molecular flexibility index (Phi) is 9.25. The van der Waals surface area contributed by atoms with E-state index in [4.69, 9.17) is 5.10 Å². The van der Waals surface area contributed by atoms with E-state index in [-0.39, 0.29) is 23.5 Å². The maximum absolute atomic E-state index is 13.8. The van der Waals surface area contributed by atoms with Crippen molar-refractivity contribution in [3.05, 3.63) is 107 Å². The van der Waals surface area contributed by atoms with Gasteiger partial charge in [0.1, 0.15) is 23.2 Å². The van der Waals surface area contributed by atoms with E-state index >= 15 is 0 Å². The van der Waals surface area contributed by atoms with Gasteiger partial charge in [-0.15, -0.1) is 0 Å². The highest BCUT2D eigenvalue weighted by molar-refractivity contribution is 5.99. The number of benzene rings is 3. The van der Waals surface area contributed by atoms with E-state index in [0.717, 1.165) is 54.5 Å². The molecule has 0 aliphatic carbocycles. The molecule has 9 heteroatoms. The number of ketones is 1. The minimum atomic E-state index is -0.698. The van der Waals surface area contributed by atoms with E-state index in [1.54, 1.807) is 16.8 Å². The standard InChI is InChI=1S/C35H39F2N5O2/c1-22-5-11-29(12-6-22)42-32(21-31(41-42)35(2,3)4)40-34(44)39-28-9-7-24(8-10-28)33(25-13-15-38-16-14-25)30(43)19-23-17-26(36)20-27(37)18-23/h5-12,17-18,20-21,25,33,38H,13-16,19H2,1-4H3,(H2,39,40,44). The van der Waals surface area contributed by atoms with Crippen LogP contribution in [0.5, 0.6) is 0 Å². The molecule has 0 bridgehead atoms. The Morgan fingerprint density at radius 3 is 2.18 bits per heavy atom. The first kappa shape index (κ1) is 31.1. The summed E-state index contributed by atoms with van der Waals surface area (Å²) >= 11 is 0. The molecule has 2 amide bonds. The Labute approximate surface area is 257 Å². The van der Waals surface area contributed by atoms with E-state index in [2.05, 4.69) is 36.7 Å². The molecule has 1 aliphatic rings. The minimum absolute atomic E-state index is 0.0586. The van der Waals surface area contributed by atoms with Crippen LogP contribution in [-0.2, 0) is 16.6 Å². The highest BCUT2D eigenvalue weighted by Crippen LogP contribution is 2.34. The van der Waals surface area contributed by atoms with Crippen LogP contribution in [0.25, 0.3) is 5.69 Å². The third-order valence-electron chi connectivity index (χ3n) is 8.03. The van der Waals surface area contributed by atoms with Gasteiger partial charge in [-0.1, -0.05) is 50.6 Å². The summed E-state index contributed by atoms with van der Waals surface area (Å²) in [6, 6.07) is 19.8. The van der Waals surface area contributed by atoms with Crippen molar-refractivity contribution >= 4 is 23.3 Å². The number of piperidine rings is 1. The van der Waals surface area contributed by atoms with Crippen molar-refractivity contribution in [1.29, 1.82) is 0 Å².